The van der Waals surface area contributed by atoms with E-state index < -0.39 is 18.2 Å². The van der Waals surface area contributed by atoms with Gasteiger partial charge in [-0.05, 0) is 49.2 Å². The zero-order valence-corrected chi connectivity index (χ0v) is 16.3. The minimum atomic E-state index is -0.981. The van der Waals surface area contributed by atoms with Crippen molar-refractivity contribution in [1.82, 2.24) is 0 Å². The lowest BCUT2D eigenvalue weighted by atomic mass is 9.96. The summed E-state index contributed by atoms with van der Waals surface area (Å²) < 4.78 is 10.9. The number of hydrogen-bond donors (Lipinski definition) is 1. The molecule has 1 N–H and O–H groups in total. The molecule has 144 valence electrons. The van der Waals surface area contributed by atoms with Crippen molar-refractivity contribution < 1.29 is 19.4 Å². The summed E-state index contributed by atoms with van der Waals surface area (Å²) >= 11 is 0. The first-order valence-corrected chi connectivity index (χ1v) is 9.14. The van der Waals surface area contributed by atoms with Gasteiger partial charge in [0.25, 0.3) is 0 Å². The monoisotopic (exact) mass is 376 g/mol. The van der Waals surface area contributed by atoms with Crippen molar-refractivity contribution in [3.8, 4) is 5.75 Å². The van der Waals surface area contributed by atoms with Gasteiger partial charge in [-0.25, -0.2) is 4.79 Å². The molecule has 0 aliphatic heterocycles. The van der Waals surface area contributed by atoms with Crippen molar-refractivity contribution in [2.75, 3.05) is 7.11 Å². The molecule has 0 aromatic heterocycles. The summed E-state index contributed by atoms with van der Waals surface area (Å²) in [6, 6.07) is 21.9. The number of carbonyl (C=O) groups is 1. The standard InChI is InChI=1S/C24H24O4/c1-16-4-8-18(9-5-16)22(25)23(19-10-6-17(2)7-11-19)28-24(26)20-12-14-21(27-3)15-13-20/h4-15,22-23,25H,1-3H3/t22-,23+/m1/s1. The van der Waals surface area contributed by atoms with Gasteiger partial charge in [0, 0.05) is 0 Å². The molecule has 4 heteroatoms. The number of aliphatic hydroxyl groups excluding tert-OH is 1. The molecule has 28 heavy (non-hydrogen) atoms. The fraction of sp³-hybridized carbons (Fsp3) is 0.208. The number of carbonyl (C=O) groups excluding carboxylic acids is 1. The molecule has 0 fully saturated rings. The SMILES string of the molecule is COc1ccc(C(=O)O[C@@H](c2ccc(C)cc2)[C@H](O)c2ccc(C)cc2)cc1. The normalized spacial score (nSPS) is 12.9. The van der Waals surface area contributed by atoms with Gasteiger partial charge in [-0.2, -0.15) is 0 Å². The molecule has 0 saturated heterocycles. The molecule has 2 atom stereocenters. The summed E-state index contributed by atoms with van der Waals surface area (Å²) in [7, 11) is 1.57. The number of esters is 1. The maximum absolute atomic E-state index is 12.7. The molecule has 0 saturated carbocycles. The number of rotatable bonds is 6. The molecule has 0 radical (unpaired) electrons. The van der Waals surface area contributed by atoms with Crippen LogP contribution in [0.25, 0.3) is 0 Å². The largest absolute Gasteiger partial charge is 0.497 e. The second-order valence-electron chi connectivity index (χ2n) is 6.82. The third-order valence-corrected chi connectivity index (χ3v) is 4.67. The summed E-state index contributed by atoms with van der Waals surface area (Å²) in [6.45, 7) is 3.97. The van der Waals surface area contributed by atoms with Gasteiger partial charge in [-0.1, -0.05) is 59.7 Å². The Labute approximate surface area is 165 Å². The van der Waals surface area contributed by atoms with E-state index in [9.17, 15) is 9.90 Å². The Bertz CT molecular complexity index is 912. The maximum atomic E-state index is 12.7. The quantitative estimate of drug-likeness (QED) is 0.619. The molecule has 0 spiro atoms. The van der Waals surface area contributed by atoms with E-state index in [1.807, 2.05) is 62.4 Å². The van der Waals surface area contributed by atoms with Crippen molar-refractivity contribution >= 4 is 5.97 Å². The van der Waals surface area contributed by atoms with Crippen LogP contribution in [0.1, 0.15) is 44.8 Å². The zero-order valence-electron chi connectivity index (χ0n) is 16.3. The number of benzene rings is 3. The van der Waals surface area contributed by atoms with Crippen LogP contribution in [0.3, 0.4) is 0 Å². The summed E-state index contributed by atoms with van der Waals surface area (Å²) in [5.41, 5.74) is 4.01. The lowest BCUT2D eigenvalue weighted by Crippen LogP contribution is -2.19. The van der Waals surface area contributed by atoms with Gasteiger partial charge in [0.1, 0.15) is 11.9 Å². The average molecular weight is 376 g/mol. The van der Waals surface area contributed by atoms with Crippen molar-refractivity contribution in [2.24, 2.45) is 0 Å². The Morgan fingerprint density at radius 3 is 1.79 bits per heavy atom. The molecule has 3 rings (SSSR count). The highest BCUT2D eigenvalue weighted by Gasteiger charge is 2.27. The summed E-state index contributed by atoms with van der Waals surface area (Å²) in [4.78, 5) is 12.7. The molecule has 4 nitrogen and oxygen atoms in total. The number of aliphatic hydroxyl groups is 1. The Hall–Kier alpha value is -3.11. The number of hydrogen-bond acceptors (Lipinski definition) is 4. The lowest BCUT2D eigenvalue weighted by molar-refractivity contribution is -0.0209. The first-order chi connectivity index (χ1) is 13.5. The van der Waals surface area contributed by atoms with Gasteiger partial charge < -0.3 is 14.6 Å². The van der Waals surface area contributed by atoms with E-state index >= 15 is 0 Å². The maximum Gasteiger partial charge on any atom is 0.338 e. The van der Waals surface area contributed by atoms with Crippen LogP contribution in [0.2, 0.25) is 0 Å². The molecule has 0 aliphatic carbocycles. The van der Waals surface area contributed by atoms with Crippen molar-refractivity contribution in [3.05, 3.63) is 101 Å². The zero-order chi connectivity index (χ0) is 20.1. The molecule has 0 amide bonds. The molecular weight excluding hydrogens is 352 g/mol. The molecular formula is C24H24O4. The van der Waals surface area contributed by atoms with Crippen LogP contribution >= 0.6 is 0 Å². The summed E-state index contributed by atoms with van der Waals surface area (Å²) in [6.07, 6.45) is -1.80. The van der Waals surface area contributed by atoms with Crippen LogP contribution in [-0.4, -0.2) is 18.2 Å². The van der Waals surface area contributed by atoms with Crippen LogP contribution in [-0.2, 0) is 4.74 Å². The van der Waals surface area contributed by atoms with Crippen molar-refractivity contribution in [3.63, 3.8) is 0 Å². The van der Waals surface area contributed by atoms with Crippen LogP contribution in [0.15, 0.2) is 72.8 Å². The van der Waals surface area contributed by atoms with Gasteiger partial charge in [0.05, 0.1) is 12.7 Å². The Morgan fingerprint density at radius 2 is 1.29 bits per heavy atom. The molecule has 3 aromatic rings. The third-order valence-electron chi connectivity index (χ3n) is 4.67. The second kappa shape index (κ2) is 8.72. The summed E-state index contributed by atoms with van der Waals surface area (Å²) in [5.74, 6) is 0.158. The Balaban J connectivity index is 1.89. The fourth-order valence-corrected chi connectivity index (χ4v) is 2.92. The minimum absolute atomic E-state index is 0.397. The molecule has 0 unspecified atom stereocenters. The highest BCUT2D eigenvalue weighted by atomic mass is 16.6. The van der Waals surface area contributed by atoms with Crippen molar-refractivity contribution in [1.29, 1.82) is 0 Å². The first-order valence-electron chi connectivity index (χ1n) is 9.14. The van der Waals surface area contributed by atoms with E-state index in [0.29, 0.717) is 16.9 Å². The van der Waals surface area contributed by atoms with Gasteiger partial charge in [0.2, 0.25) is 0 Å². The molecule has 0 bridgehead atoms. The molecule has 3 aromatic carbocycles. The predicted molar refractivity (Wildman–Crippen MR) is 108 cm³/mol. The number of methoxy groups -OCH3 is 1. The smallest absolute Gasteiger partial charge is 0.338 e. The summed E-state index contributed by atoms with van der Waals surface area (Å²) in [5, 5.41) is 11.0. The van der Waals surface area contributed by atoms with Crippen LogP contribution in [0.5, 0.6) is 5.75 Å². The van der Waals surface area contributed by atoms with Gasteiger partial charge in [-0.15, -0.1) is 0 Å². The second-order valence-corrected chi connectivity index (χ2v) is 6.82. The highest BCUT2D eigenvalue weighted by molar-refractivity contribution is 5.89. The lowest BCUT2D eigenvalue weighted by Gasteiger charge is -2.24. The van der Waals surface area contributed by atoms with E-state index in [4.69, 9.17) is 9.47 Å². The molecule has 0 heterocycles. The van der Waals surface area contributed by atoms with E-state index in [0.717, 1.165) is 16.7 Å². The van der Waals surface area contributed by atoms with Crippen LogP contribution in [0.4, 0.5) is 0 Å². The topological polar surface area (TPSA) is 55.8 Å². The first kappa shape index (κ1) is 19.6. The minimum Gasteiger partial charge on any atom is -0.497 e. The average Bonchev–Trinajstić information content (AvgIpc) is 2.73. The van der Waals surface area contributed by atoms with E-state index in [1.54, 1.807) is 31.4 Å². The highest BCUT2D eigenvalue weighted by Crippen LogP contribution is 2.33. The predicted octanol–water partition coefficient (Wildman–Crippen LogP) is 4.94. The number of aryl methyl sites for hydroxylation is 2. The van der Waals surface area contributed by atoms with Crippen LogP contribution in [0, 0.1) is 13.8 Å². The van der Waals surface area contributed by atoms with E-state index in [-0.39, 0.29) is 0 Å². The Morgan fingerprint density at radius 1 is 0.786 bits per heavy atom. The fourth-order valence-electron chi connectivity index (χ4n) is 2.92. The van der Waals surface area contributed by atoms with Gasteiger partial charge in [-0.3, -0.25) is 0 Å². The van der Waals surface area contributed by atoms with E-state index in [1.165, 1.54) is 0 Å². The molecule has 0 aliphatic rings. The van der Waals surface area contributed by atoms with Gasteiger partial charge >= 0.3 is 5.97 Å². The Kier molecular flexibility index (Phi) is 6.12. The van der Waals surface area contributed by atoms with E-state index in [2.05, 4.69) is 0 Å². The van der Waals surface area contributed by atoms with Crippen molar-refractivity contribution in [2.45, 2.75) is 26.1 Å². The number of ether oxygens (including phenoxy) is 2. The third kappa shape index (κ3) is 4.59. The van der Waals surface area contributed by atoms with Crippen LogP contribution < -0.4 is 4.74 Å². The van der Waals surface area contributed by atoms with Gasteiger partial charge in [0.15, 0.2) is 6.10 Å².